The fraction of sp³-hybridized carbons (Fsp3) is 0.500. The largest absolute Gasteiger partial charge is 0.436 e. The van der Waals surface area contributed by atoms with Crippen LogP contribution in [0.4, 0.5) is 0 Å². The molecule has 0 saturated carbocycles. The van der Waals surface area contributed by atoms with E-state index in [4.69, 9.17) is 9.16 Å². The number of carbonyl (C=O) groups is 1. The summed E-state index contributed by atoms with van der Waals surface area (Å²) in [6, 6.07) is 0. The molecule has 0 aromatic rings. The van der Waals surface area contributed by atoms with Crippen LogP contribution in [0.3, 0.4) is 0 Å². The van der Waals surface area contributed by atoms with E-state index in [9.17, 15) is 4.79 Å². The van der Waals surface area contributed by atoms with E-state index >= 15 is 0 Å². The summed E-state index contributed by atoms with van der Waals surface area (Å²) in [5, 5.41) is 0. The van der Waals surface area contributed by atoms with Crippen molar-refractivity contribution in [2.24, 2.45) is 0 Å². The van der Waals surface area contributed by atoms with Gasteiger partial charge in [0.05, 0.1) is 10.2 Å². The second-order valence-corrected chi connectivity index (χ2v) is 4.25. The normalized spacial score (nSPS) is 15.7. The Morgan fingerprint density at radius 2 is 2.36 bits per heavy atom. The molecule has 1 unspecified atom stereocenters. The summed E-state index contributed by atoms with van der Waals surface area (Å²) in [4.78, 5) is 10.8. The standard InChI is InChI=1S/C6H14O3Si2/c1-3-5(7)8-6(10,4-2)9-11/h3H,1,4H2,2,10-11H3. The molecule has 64 valence electrons. The van der Waals surface area contributed by atoms with Gasteiger partial charge in [-0.25, -0.2) is 4.79 Å². The summed E-state index contributed by atoms with van der Waals surface area (Å²) in [5.41, 5.74) is -0.614. The molecule has 0 bridgehead atoms. The fourth-order valence-electron chi connectivity index (χ4n) is 0.513. The quantitative estimate of drug-likeness (QED) is 0.233. The van der Waals surface area contributed by atoms with E-state index in [-0.39, 0.29) is 0 Å². The first kappa shape index (κ1) is 10.6. The Morgan fingerprint density at radius 3 is 2.64 bits per heavy atom. The molecule has 11 heavy (non-hydrogen) atoms. The molecule has 0 aliphatic rings. The first-order chi connectivity index (χ1) is 5.08. The van der Waals surface area contributed by atoms with Crippen LogP contribution in [-0.4, -0.2) is 32.1 Å². The molecule has 0 amide bonds. The number of ether oxygens (including phenoxy) is 1. The summed E-state index contributed by atoms with van der Waals surface area (Å²) < 4.78 is 10.2. The van der Waals surface area contributed by atoms with E-state index in [1.165, 1.54) is 0 Å². The maximum atomic E-state index is 10.8. The van der Waals surface area contributed by atoms with Crippen molar-refractivity contribution in [2.75, 3.05) is 0 Å². The molecule has 0 aliphatic carbocycles. The van der Waals surface area contributed by atoms with E-state index in [2.05, 4.69) is 6.58 Å². The molecule has 0 spiro atoms. The van der Waals surface area contributed by atoms with Crippen LogP contribution in [0.15, 0.2) is 12.7 Å². The molecule has 3 nitrogen and oxygen atoms in total. The van der Waals surface area contributed by atoms with E-state index in [1.807, 2.05) is 6.92 Å². The highest BCUT2D eigenvalue weighted by molar-refractivity contribution is 6.16. The molecule has 0 rings (SSSR count). The van der Waals surface area contributed by atoms with Gasteiger partial charge in [0.1, 0.15) is 0 Å². The molecule has 0 saturated heterocycles. The number of rotatable bonds is 4. The van der Waals surface area contributed by atoms with Crippen molar-refractivity contribution in [3.8, 4) is 0 Å². The van der Waals surface area contributed by atoms with E-state index in [0.29, 0.717) is 27.1 Å². The summed E-state index contributed by atoms with van der Waals surface area (Å²) >= 11 is 0. The average molecular weight is 190 g/mol. The molecule has 5 heteroatoms. The predicted octanol–water partition coefficient (Wildman–Crippen LogP) is -1.56. The van der Waals surface area contributed by atoms with Crippen LogP contribution < -0.4 is 0 Å². The minimum absolute atomic E-state index is 0.405. The molecule has 0 aromatic carbocycles. The SMILES string of the molecule is C=CC(=O)OC([SiH3])(CC)O[SiH3]. The minimum Gasteiger partial charge on any atom is -0.436 e. The Balaban J connectivity index is 4.06. The van der Waals surface area contributed by atoms with Crippen molar-refractivity contribution in [3.05, 3.63) is 12.7 Å². The number of carbonyl (C=O) groups excluding carboxylic acids is 1. The van der Waals surface area contributed by atoms with Gasteiger partial charge in [0.2, 0.25) is 0 Å². The van der Waals surface area contributed by atoms with Gasteiger partial charge in [0, 0.05) is 12.5 Å². The monoisotopic (exact) mass is 190 g/mol. The Hall–Kier alpha value is -0.396. The first-order valence-electron chi connectivity index (χ1n) is 3.48. The number of esters is 1. The summed E-state index contributed by atoms with van der Waals surface area (Å²) in [6.45, 7) is 5.24. The Bertz CT molecular complexity index is 154. The maximum absolute atomic E-state index is 10.8. The molecule has 0 N–H and O–H groups in total. The van der Waals surface area contributed by atoms with Gasteiger partial charge in [0.15, 0.2) is 15.9 Å². The predicted molar refractivity (Wildman–Crippen MR) is 50.3 cm³/mol. The highest BCUT2D eigenvalue weighted by Crippen LogP contribution is 2.11. The van der Waals surface area contributed by atoms with Gasteiger partial charge >= 0.3 is 5.97 Å². The van der Waals surface area contributed by atoms with Crippen LogP contribution >= 0.6 is 0 Å². The Morgan fingerprint density at radius 1 is 1.82 bits per heavy atom. The first-order valence-corrected chi connectivity index (χ1v) is 5.30. The Kier molecular flexibility index (Phi) is 4.31. The van der Waals surface area contributed by atoms with Gasteiger partial charge in [-0.15, -0.1) is 0 Å². The van der Waals surface area contributed by atoms with Gasteiger partial charge < -0.3 is 9.16 Å². The maximum Gasteiger partial charge on any atom is 0.332 e. The number of hydrogen-bond donors (Lipinski definition) is 0. The van der Waals surface area contributed by atoms with Crippen LogP contribution in [-0.2, 0) is 14.0 Å². The van der Waals surface area contributed by atoms with E-state index in [0.717, 1.165) is 6.08 Å². The fourth-order valence-corrected chi connectivity index (χ4v) is 1.09. The van der Waals surface area contributed by atoms with Crippen molar-refractivity contribution >= 4 is 26.7 Å². The molecule has 0 fully saturated rings. The summed E-state index contributed by atoms with van der Waals surface area (Å²) in [5.74, 6) is -0.405. The van der Waals surface area contributed by atoms with E-state index in [1.54, 1.807) is 0 Å². The molecule has 1 atom stereocenters. The zero-order valence-electron chi connectivity index (χ0n) is 7.22. The van der Waals surface area contributed by atoms with Crippen molar-refractivity contribution in [3.63, 3.8) is 0 Å². The lowest BCUT2D eigenvalue weighted by molar-refractivity contribution is -0.167. The van der Waals surface area contributed by atoms with Crippen LogP contribution in [0.2, 0.25) is 0 Å². The summed E-state index contributed by atoms with van der Waals surface area (Å²) in [7, 11) is 1.28. The Labute approximate surface area is 72.7 Å². The lowest BCUT2D eigenvalue weighted by Crippen LogP contribution is -2.36. The molecular weight excluding hydrogens is 176 g/mol. The number of hydrogen-bond acceptors (Lipinski definition) is 3. The zero-order chi connectivity index (χ0) is 8.91. The van der Waals surface area contributed by atoms with Crippen molar-refractivity contribution in [2.45, 2.75) is 18.8 Å². The molecule has 0 aliphatic heterocycles. The van der Waals surface area contributed by atoms with Gasteiger partial charge in [0.25, 0.3) is 0 Å². The van der Waals surface area contributed by atoms with Crippen LogP contribution in [0.1, 0.15) is 13.3 Å². The highest BCUT2D eigenvalue weighted by atomic mass is 28.2. The molecular formula is C6H14O3Si2. The zero-order valence-corrected chi connectivity index (χ0v) is 11.2. The van der Waals surface area contributed by atoms with Gasteiger partial charge in [-0.3, -0.25) is 0 Å². The molecule has 0 radical (unpaired) electrons. The highest BCUT2D eigenvalue weighted by Gasteiger charge is 2.23. The average Bonchev–Trinajstić information content (AvgIpc) is 2.04. The lowest BCUT2D eigenvalue weighted by atomic mass is 10.4. The lowest BCUT2D eigenvalue weighted by Gasteiger charge is -2.26. The third-order valence-corrected chi connectivity index (χ3v) is 4.56. The van der Waals surface area contributed by atoms with Gasteiger partial charge in [-0.1, -0.05) is 13.5 Å². The second kappa shape index (κ2) is 4.48. The topological polar surface area (TPSA) is 35.5 Å². The van der Waals surface area contributed by atoms with Gasteiger partial charge in [-0.05, 0) is 0 Å². The van der Waals surface area contributed by atoms with Crippen LogP contribution in [0, 0.1) is 0 Å². The second-order valence-electron chi connectivity index (χ2n) is 2.32. The molecule has 0 heterocycles. The van der Waals surface area contributed by atoms with Crippen molar-refractivity contribution in [1.29, 1.82) is 0 Å². The van der Waals surface area contributed by atoms with Gasteiger partial charge in [-0.2, -0.15) is 0 Å². The third-order valence-electron chi connectivity index (χ3n) is 1.56. The smallest absolute Gasteiger partial charge is 0.332 e. The van der Waals surface area contributed by atoms with Crippen LogP contribution in [0.5, 0.6) is 0 Å². The van der Waals surface area contributed by atoms with Crippen molar-refractivity contribution in [1.82, 2.24) is 0 Å². The van der Waals surface area contributed by atoms with Crippen LogP contribution in [0.25, 0.3) is 0 Å². The molecule has 0 aromatic heterocycles. The minimum atomic E-state index is -0.614. The summed E-state index contributed by atoms with van der Waals surface area (Å²) in [6.07, 6.45) is 1.87. The van der Waals surface area contributed by atoms with Crippen molar-refractivity contribution < 1.29 is 14.0 Å². The third kappa shape index (κ3) is 3.50. The van der Waals surface area contributed by atoms with E-state index < -0.39 is 11.4 Å².